The van der Waals surface area contributed by atoms with Crippen molar-refractivity contribution in [2.24, 2.45) is 5.73 Å². The molecule has 0 spiro atoms. The Balaban J connectivity index is 0.00000182. The van der Waals surface area contributed by atoms with Crippen LogP contribution in [0.5, 0.6) is 0 Å². The molecule has 0 fully saturated rings. The Hall–Kier alpha value is -2.05. The molecule has 0 unspecified atom stereocenters. The highest BCUT2D eigenvalue weighted by Crippen LogP contribution is 2.21. The Labute approximate surface area is 172 Å². The molecule has 1 aromatic heterocycles. The topological polar surface area (TPSA) is 63.3 Å². The summed E-state index contributed by atoms with van der Waals surface area (Å²) in [6.45, 7) is 2.35. The Morgan fingerprint density at radius 2 is 1.78 bits per heavy atom. The molecule has 0 saturated carbocycles. The van der Waals surface area contributed by atoms with Gasteiger partial charge in [0.1, 0.15) is 0 Å². The standard InChI is InChI=1S/C20H24N4O.2ClH/c1-23(2)11-12-24-10-9-16-7-8-18(13-19(16)24)22-20(25)17-5-3-15(14-21)4-6-17;;/h3-10,13H,11-12,14,21H2,1-2H3,(H,22,25);2*1H. The lowest BCUT2D eigenvalue weighted by molar-refractivity contribution is 0.102. The van der Waals surface area contributed by atoms with Gasteiger partial charge in [0.2, 0.25) is 0 Å². The molecular weight excluding hydrogens is 383 g/mol. The highest BCUT2D eigenvalue weighted by molar-refractivity contribution is 6.05. The minimum Gasteiger partial charge on any atom is -0.346 e. The number of benzene rings is 2. The third kappa shape index (κ3) is 5.71. The molecule has 1 amide bonds. The largest absolute Gasteiger partial charge is 0.346 e. The number of carbonyl (C=O) groups excluding carboxylic acids is 1. The molecule has 27 heavy (non-hydrogen) atoms. The van der Waals surface area contributed by atoms with Gasteiger partial charge in [-0.2, -0.15) is 0 Å². The van der Waals surface area contributed by atoms with Crippen LogP contribution in [-0.2, 0) is 13.1 Å². The molecule has 2 aromatic carbocycles. The van der Waals surface area contributed by atoms with Gasteiger partial charge in [-0.1, -0.05) is 18.2 Å². The summed E-state index contributed by atoms with van der Waals surface area (Å²) in [6.07, 6.45) is 2.09. The first-order valence-corrected chi connectivity index (χ1v) is 8.41. The smallest absolute Gasteiger partial charge is 0.255 e. The number of carbonyl (C=O) groups is 1. The van der Waals surface area contributed by atoms with Crippen LogP contribution < -0.4 is 11.1 Å². The van der Waals surface area contributed by atoms with Crippen LogP contribution in [0.4, 0.5) is 5.69 Å². The zero-order valence-corrected chi connectivity index (χ0v) is 17.1. The van der Waals surface area contributed by atoms with Gasteiger partial charge in [-0.05, 0) is 55.4 Å². The predicted molar refractivity (Wildman–Crippen MR) is 117 cm³/mol. The summed E-state index contributed by atoms with van der Waals surface area (Å²) in [6, 6.07) is 15.5. The summed E-state index contributed by atoms with van der Waals surface area (Å²) in [5, 5.41) is 4.15. The van der Waals surface area contributed by atoms with E-state index in [0.29, 0.717) is 12.1 Å². The van der Waals surface area contributed by atoms with Gasteiger partial charge in [0.25, 0.3) is 5.91 Å². The minimum absolute atomic E-state index is 0. The van der Waals surface area contributed by atoms with E-state index in [1.54, 1.807) is 12.1 Å². The Kier molecular flexibility index (Phi) is 8.79. The van der Waals surface area contributed by atoms with E-state index < -0.39 is 0 Å². The van der Waals surface area contributed by atoms with E-state index in [9.17, 15) is 4.79 Å². The van der Waals surface area contributed by atoms with Crippen LogP contribution >= 0.6 is 24.8 Å². The molecule has 0 aliphatic carbocycles. The van der Waals surface area contributed by atoms with Crippen molar-refractivity contribution < 1.29 is 4.79 Å². The van der Waals surface area contributed by atoms with Crippen LogP contribution in [0.2, 0.25) is 0 Å². The Morgan fingerprint density at radius 1 is 1.07 bits per heavy atom. The van der Waals surface area contributed by atoms with Gasteiger partial charge in [-0.3, -0.25) is 4.79 Å². The summed E-state index contributed by atoms with van der Waals surface area (Å²) >= 11 is 0. The molecule has 3 rings (SSSR count). The first-order valence-electron chi connectivity index (χ1n) is 8.41. The molecular formula is C20H26Cl2N4O. The highest BCUT2D eigenvalue weighted by Gasteiger charge is 2.08. The Morgan fingerprint density at radius 3 is 2.41 bits per heavy atom. The van der Waals surface area contributed by atoms with Crippen LogP contribution in [0.25, 0.3) is 10.9 Å². The fourth-order valence-electron chi connectivity index (χ4n) is 2.76. The van der Waals surface area contributed by atoms with Gasteiger partial charge in [0.05, 0.1) is 5.52 Å². The molecule has 3 N–H and O–H groups in total. The van der Waals surface area contributed by atoms with Crippen molar-refractivity contribution in [3.8, 4) is 0 Å². The van der Waals surface area contributed by atoms with Crippen LogP contribution in [-0.4, -0.2) is 36.0 Å². The van der Waals surface area contributed by atoms with Crippen molar-refractivity contribution in [3.05, 3.63) is 65.9 Å². The number of halogens is 2. The maximum atomic E-state index is 12.4. The fraction of sp³-hybridized carbons (Fsp3) is 0.250. The van der Waals surface area contributed by atoms with E-state index in [0.717, 1.165) is 29.9 Å². The number of rotatable bonds is 6. The number of hydrogen-bond donors (Lipinski definition) is 2. The average molecular weight is 409 g/mol. The second-order valence-corrected chi connectivity index (χ2v) is 6.44. The molecule has 0 saturated heterocycles. The second kappa shape index (κ2) is 10.3. The summed E-state index contributed by atoms with van der Waals surface area (Å²) in [4.78, 5) is 14.6. The number of fused-ring (bicyclic) bond motifs is 1. The summed E-state index contributed by atoms with van der Waals surface area (Å²) in [7, 11) is 4.13. The molecule has 0 aliphatic rings. The zero-order chi connectivity index (χ0) is 17.8. The molecule has 7 heteroatoms. The van der Waals surface area contributed by atoms with Gasteiger partial charge in [0.15, 0.2) is 0 Å². The van der Waals surface area contributed by atoms with E-state index in [2.05, 4.69) is 41.1 Å². The molecule has 5 nitrogen and oxygen atoms in total. The number of nitrogens with two attached hydrogens (primary N) is 1. The lowest BCUT2D eigenvalue weighted by Crippen LogP contribution is -2.18. The molecule has 0 radical (unpaired) electrons. The highest BCUT2D eigenvalue weighted by atomic mass is 35.5. The van der Waals surface area contributed by atoms with Crippen molar-refractivity contribution >= 4 is 47.3 Å². The van der Waals surface area contributed by atoms with E-state index in [-0.39, 0.29) is 30.7 Å². The number of nitrogens with zero attached hydrogens (tertiary/aromatic N) is 2. The number of aromatic nitrogens is 1. The number of likely N-dealkylation sites (N-methyl/N-ethyl adjacent to an activating group) is 1. The zero-order valence-electron chi connectivity index (χ0n) is 15.5. The fourth-order valence-corrected chi connectivity index (χ4v) is 2.76. The summed E-state index contributed by atoms with van der Waals surface area (Å²) < 4.78 is 2.21. The van der Waals surface area contributed by atoms with E-state index in [4.69, 9.17) is 5.73 Å². The first-order chi connectivity index (χ1) is 12.1. The molecule has 0 aliphatic heterocycles. The quantitative estimate of drug-likeness (QED) is 0.652. The van der Waals surface area contributed by atoms with Crippen molar-refractivity contribution in [1.82, 2.24) is 9.47 Å². The molecule has 1 heterocycles. The second-order valence-electron chi connectivity index (χ2n) is 6.44. The summed E-state index contributed by atoms with van der Waals surface area (Å²) in [5.74, 6) is -0.116. The maximum absolute atomic E-state index is 12.4. The van der Waals surface area contributed by atoms with E-state index in [1.165, 1.54) is 5.39 Å². The number of hydrogen-bond acceptors (Lipinski definition) is 3. The third-order valence-corrected chi connectivity index (χ3v) is 4.27. The molecule has 146 valence electrons. The normalized spacial score (nSPS) is 10.4. The lowest BCUT2D eigenvalue weighted by Gasteiger charge is -2.12. The van der Waals surface area contributed by atoms with Crippen LogP contribution in [0.15, 0.2) is 54.7 Å². The molecule has 0 atom stereocenters. The van der Waals surface area contributed by atoms with Crippen molar-refractivity contribution in [2.75, 3.05) is 26.0 Å². The van der Waals surface area contributed by atoms with Crippen molar-refractivity contribution in [1.29, 1.82) is 0 Å². The number of amides is 1. The third-order valence-electron chi connectivity index (χ3n) is 4.27. The van der Waals surface area contributed by atoms with Gasteiger partial charge in [0, 0.05) is 37.1 Å². The van der Waals surface area contributed by atoms with Crippen molar-refractivity contribution in [2.45, 2.75) is 13.1 Å². The minimum atomic E-state index is -0.116. The van der Waals surface area contributed by atoms with Crippen LogP contribution in [0.1, 0.15) is 15.9 Å². The maximum Gasteiger partial charge on any atom is 0.255 e. The molecule has 0 bridgehead atoms. The van der Waals surface area contributed by atoms with Gasteiger partial charge < -0.3 is 20.5 Å². The van der Waals surface area contributed by atoms with Crippen molar-refractivity contribution in [3.63, 3.8) is 0 Å². The van der Waals surface area contributed by atoms with Crippen LogP contribution in [0, 0.1) is 0 Å². The number of nitrogens with one attached hydrogen (secondary N) is 1. The van der Waals surface area contributed by atoms with E-state index >= 15 is 0 Å². The van der Waals surface area contributed by atoms with Gasteiger partial charge in [-0.25, -0.2) is 0 Å². The first kappa shape index (κ1) is 23.0. The SMILES string of the molecule is CN(C)CCn1ccc2ccc(NC(=O)c3ccc(CN)cc3)cc21.Cl.Cl. The van der Waals surface area contributed by atoms with E-state index in [1.807, 2.05) is 30.3 Å². The average Bonchev–Trinajstić information content (AvgIpc) is 3.02. The number of anilines is 1. The lowest BCUT2D eigenvalue weighted by atomic mass is 10.1. The monoisotopic (exact) mass is 408 g/mol. The summed E-state index contributed by atoms with van der Waals surface area (Å²) in [5.41, 5.74) is 9.15. The predicted octanol–water partition coefficient (Wildman–Crippen LogP) is 3.76. The molecule has 3 aromatic rings. The van der Waals surface area contributed by atoms with Gasteiger partial charge >= 0.3 is 0 Å². The van der Waals surface area contributed by atoms with Gasteiger partial charge in [-0.15, -0.1) is 24.8 Å². The Bertz CT molecular complexity index is 875. The van der Waals surface area contributed by atoms with Crippen LogP contribution in [0.3, 0.4) is 0 Å².